The van der Waals surface area contributed by atoms with E-state index in [0.29, 0.717) is 37.0 Å². The molecule has 5 nitrogen and oxygen atoms in total. The number of rotatable bonds is 9. The number of phenols is 2. The summed E-state index contributed by atoms with van der Waals surface area (Å²) in [4.78, 5) is 4.54. The number of hydrogen-bond donors (Lipinski definition) is 2. The fourth-order valence-electron chi connectivity index (χ4n) is 5.92. The van der Waals surface area contributed by atoms with Crippen LogP contribution in [0.5, 0.6) is 17.2 Å². The van der Waals surface area contributed by atoms with Crippen molar-refractivity contribution in [3.05, 3.63) is 82.7 Å². The standard InChI is InChI=1S/C32H39FN2O3/c1-34(16-13-23-5-12-32(30(33)19-23)38-18-17-35-14-3-2-4-15-35)31-22-28(37)10-11-29(31)26-7-6-25-21-27(36)9-8-24(25)20-26/h5,8-12,19,21-22,26,36-37H,2-4,6-7,13-18,20H2,1H3. The SMILES string of the molecule is CN(CCc1ccc(OCCN2CCCCC2)c(F)c1)c1cc(O)ccc1C1CCc2cc(O)ccc2C1. The van der Waals surface area contributed by atoms with Crippen LogP contribution in [0.3, 0.4) is 0 Å². The Balaban J connectivity index is 1.20. The maximum absolute atomic E-state index is 14.8. The Hall–Kier alpha value is -3.25. The average molecular weight is 519 g/mol. The first kappa shape index (κ1) is 26.4. The number of anilines is 1. The van der Waals surface area contributed by atoms with E-state index < -0.39 is 0 Å². The summed E-state index contributed by atoms with van der Waals surface area (Å²) >= 11 is 0. The van der Waals surface area contributed by atoms with Crippen LogP contribution in [0.15, 0.2) is 54.6 Å². The molecule has 1 heterocycles. The number of hydrogen-bond acceptors (Lipinski definition) is 5. The van der Waals surface area contributed by atoms with Gasteiger partial charge in [-0.2, -0.15) is 0 Å². The Bertz CT molecular complexity index is 1240. The van der Waals surface area contributed by atoms with E-state index in [4.69, 9.17) is 4.74 Å². The summed E-state index contributed by atoms with van der Waals surface area (Å²) in [6.07, 6.45) is 7.28. The van der Waals surface area contributed by atoms with Crippen LogP contribution < -0.4 is 9.64 Å². The molecule has 1 atom stereocenters. The molecule has 3 aromatic rings. The van der Waals surface area contributed by atoms with Gasteiger partial charge in [0.05, 0.1) is 0 Å². The van der Waals surface area contributed by atoms with Gasteiger partial charge in [0.1, 0.15) is 18.1 Å². The summed E-state index contributed by atoms with van der Waals surface area (Å²) in [7, 11) is 2.03. The van der Waals surface area contributed by atoms with Crippen molar-refractivity contribution >= 4 is 5.69 Å². The maximum atomic E-state index is 14.8. The van der Waals surface area contributed by atoms with E-state index in [0.717, 1.165) is 50.1 Å². The number of nitrogens with zero attached hydrogens (tertiary/aromatic N) is 2. The van der Waals surface area contributed by atoms with Crippen LogP contribution in [-0.2, 0) is 19.3 Å². The predicted octanol–water partition coefficient (Wildman–Crippen LogP) is 6.05. The van der Waals surface area contributed by atoms with Gasteiger partial charge >= 0.3 is 0 Å². The zero-order valence-corrected chi connectivity index (χ0v) is 22.3. The van der Waals surface area contributed by atoms with Gasteiger partial charge in [-0.15, -0.1) is 0 Å². The molecule has 0 radical (unpaired) electrons. The van der Waals surface area contributed by atoms with Gasteiger partial charge in [0.25, 0.3) is 0 Å². The van der Waals surface area contributed by atoms with Crippen LogP contribution in [0.2, 0.25) is 0 Å². The Morgan fingerprint density at radius 3 is 2.55 bits per heavy atom. The highest BCUT2D eigenvalue weighted by atomic mass is 19.1. The second-order valence-electron chi connectivity index (χ2n) is 10.8. The molecule has 3 aromatic carbocycles. The summed E-state index contributed by atoms with van der Waals surface area (Å²) in [6, 6.07) is 16.6. The summed E-state index contributed by atoms with van der Waals surface area (Å²) in [5, 5.41) is 20.1. The van der Waals surface area contributed by atoms with Crippen LogP contribution in [0, 0.1) is 5.82 Å². The molecule has 1 saturated heterocycles. The maximum Gasteiger partial charge on any atom is 0.165 e. The van der Waals surface area contributed by atoms with E-state index in [1.165, 1.54) is 36.0 Å². The number of aromatic hydroxyl groups is 2. The number of piperidine rings is 1. The van der Waals surface area contributed by atoms with Gasteiger partial charge in [0.15, 0.2) is 11.6 Å². The number of likely N-dealkylation sites (tertiary alicyclic amines) is 1. The highest BCUT2D eigenvalue weighted by molar-refractivity contribution is 5.59. The van der Waals surface area contributed by atoms with Crippen LogP contribution in [0.25, 0.3) is 0 Å². The molecule has 38 heavy (non-hydrogen) atoms. The Morgan fingerprint density at radius 2 is 1.74 bits per heavy atom. The molecule has 0 amide bonds. The Kier molecular flexibility index (Phi) is 8.38. The van der Waals surface area contributed by atoms with Crippen LogP contribution in [0.1, 0.15) is 53.9 Å². The lowest BCUT2D eigenvalue weighted by Gasteiger charge is -2.30. The lowest BCUT2D eigenvalue weighted by Crippen LogP contribution is -2.33. The summed E-state index contributed by atoms with van der Waals surface area (Å²) in [6.45, 7) is 4.26. The fraction of sp³-hybridized carbons (Fsp3) is 0.438. The summed E-state index contributed by atoms with van der Waals surface area (Å²) < 4.78 is 20.5. The van der Waals surface area contributed by atoms with E-state index in [1.54, 1.807) is 24.3 Å². The van der Waals surface area contributed by atoms with Crippen molar-refractivity contribution in [3.8, 4) is 17.2 Å². The number of phenolic OH excluding ortho intramolecular Hbond substituents is 2. The van der Waals surface area contributed by atoms with Crippen molar-refractivity contribution in [3.63, 3.8) is 0 Å². The highest BCUT2D eigenvalue weighted by Gasteiger charge is 2.24. The minimum atomic E-state index is -0.311. The molecule has 1 aliphatic heterocycles. The van der Waals surface area contributed by atoms with Crippen molar-refractivity contribution in [1.29, 1.82) is 0 Å². The molecule has 2 N–H and O–H groups in total. The van der Waals surface area contributed by atoms with Gasteiger partial charge in [-0.25, -0.2) is 4.39 Å². The molecule has 6 heteroatoms. The van der Waals surface area contributed by atoms with Crippen molar-refractivity contribution < 1.29 is 19.3 Å². The third kappa shape index (κ3) is 6.41. The molecule has 202 valence electrons. The van der Waals surface area contributed by atoms with Crippen LogP contribution in [0.4, 0.5) is 10.1 Å². The quantitative estimate of drug-likeness (QED) is 0.361. The largest absolute Gasteiger partial charge is 0.508 e. The first-order valence-electron chi connectivity index (χ1n) is 13.9. The Labute approximate surface area is 225 Å². The minimum Gasteiger partial charge on any atom is -0.508 e. The monoisotopic (exact) mass is 518 g/mol. The van der Waals surface area contributed by atoms with E-state index in [9.17, 15) is 14.6 Å². The number of fused-ring (bicyclic) bond motifs is 1. The number of benzene rings is 3. The average Bonchev–Trinajstić information content (AvgIpc) is 2.93. The smallest absolute Gasteiger partial charge is 0.165 e. The van der Waals surface area contributed by atoms with E-state index >= 15 is 0 Å². The molecular formula is C32H39FN2O3. The molecule has 1 fully saturated rings. The van der Waals surface area contributed by atoms with Crippen molar-refractivity contribution in [2.24, 2.45) is 0 Å². The molecule has 1 unspecified atom stereocenters. The van der Waals surface area contributed by atoms with E-state index in [-0.39, 0.29) is 11.6 Å². The van der Waals surface area contributed by atoms with Gasteiger partial charge in [0, 0.05) is 31.9 Å². The third-order valence-electron chi connectivity index (χ3n) is 8.13. The van der Waals surface area contributed by atoms with Crippen molar-refractivity contribution in [1.82, 2.24) is 4.90 Å². The summed E-state index contributed by atoms with van der Waals surface area (Å²) in [5.41, 5.74) is 5.64. The normalized spacial score (nSPS) is 17.7. The first-order chi connectivity index (χ1) is 18.5. The molecule has 0 spiro atoms. The molecule has 0 saturated carbocycles. The van der Waals surface area contributed by atoms with Crippen LogP contribution >= 0.6 is 0 Å². The lowest BCUT2D eigenvalue weighted by molar-refractivity contribution is 0.180. The molecule has 0 aromatic heterocycles. The fourth-order valence-corrected chi connectivity index (χ4v) is 5.92. The van der Waals surface area contributed by atoms with Gasteiger partial charge in [0.2, 0.25) is 0 Å². The lowest BCUT2D eigenvalue weighted by atomic mass is 9.79. The molecule has 5 rings (SSSR count). The van der Waals surface area contributed by atoms with Crippen molar-refractivity contribution in [2.45, 2.75) is 50.9 Å². The van der Waals surface area contributed by atoms with E-state index in [2.05, 4.69) is 9.80 Å². The molecule has 0 bridgehead atoms. The first-order valence-corrected chi connectivity index (χ1v) is 13.9. The van der Waals surface area contributed by atoms with Gasteiger partial charge < -0.3 is 19.8 Å². The van der Waals surface area contributed by atoms with Crippen molar-refractivity contribution in [2.75, 3.05) is 44.7 Å². The topological polar surface area (TPSA) is 56.2 Å². The summed E-state index contributed by atoms with van der Waals surface area (Å²) in [5.74, 6) is 0.910. The Morgan fingerprint density at radius 1 is 0.947 bits per heavy atom. The third-order valence-corrected chi connectivity index (χ3v) is 8.13. The van der Waals surface area contributed by atoms with Gasteiger partial charge in [-0.1, -0.05) is 24.6 Å². The number of aryl methyl sites for hydroxylation is 1. The van der Waals surface area contributed by atoms with E-state index in [1.807, 2.05) is 37.4 Å². The zero-order chi connectivity index (χ0) is 26.5. The van der Waals surface area contributed by atoms with Gasteiger partial charge in [-0.05, 0) is 110 Å². The second kappa shape index (κ2) is 12.1. The molecule has 1 aliphatic carbocycles. The highest BCUT2D eigenvalue weighted by Crippen LogP contribution is 2.39. The van der Waals surface area contributed by atoms with Crippen LogP contribution in [-0.4, -0.2) is 54.9 Å². The second-order valence-corrected chi connectivity index (χ2v) is 10.8. The molecular weight excluding hydrogens is 479 g/mol. The van der Waals surface area contributed by atoms with Gasteiger partial charge in [-0.3, -0.25) is 4.90 Å². The predicted molar refractivity (Wildman–Crippen MR) is 150 cm³/mol. The number of likely N-dealkylation sites (N-methyl/N-ethyl adjacent to an activating group) is 1. The number of halogens is 1. The zero-order valence-electron chi connectivity index (χ0n) is 22.3. The minimum absolute atomic E-state index is 0.244. The number of ether oxygens (including phenoxy) is 1. The molecule has 2 aliphatic rings.